The molecule has 0 aromatic heterocycles. The fourth-order valence-electron chi connectivity index (χ4n) is 2.65. The Morgan fingerprint density at radius 2 is 1.73 bits per heavy atom. The molecule has 1 heterocycles. The molecule has 0 aliphatic carbocycles. The van der Waals surface area contributed by atoms with E-state index in [-0.39, 0.29) is 23.8 Å². The topological polar surface area (TPSA) is 20.3 Å². The SMILES string of the molecule is O=C1CSC(c2ccc(C(F)(F)F)c(F)c2)N1Cc1ccc(F)c(F)c1. The van der Waals surface area contributed by atoms with E-state index < -0.39 is 34.6 Å². The van der Waals surface area contributed by atoms with E-state index in [4.69, 9.17) is 0 Å². The maximum Gasteiger partial charge on any atom is 0.419 e. The zero-order valence-corrected chi connectivity index (χ0v) is 13.8. The van der Waals surface area contributed by atoms with Crippen LogP contribution in [-0.2, 0) is 17.5 Å². The summed E-state index contributed by atoms with van der Waals surface area (Å²) >= 11 is 1.12. The van der Waals surface area contributed by atoms with Crippen LogP contribution in [0.15, 0.2) is 36.4 Å². The summed E-state index contributed by atoms with van der Waals surface area (Å²) in [5.41, 5.74) is -0.881. The lowest BCUT2D eigenvalue weighted by Gasteiger charge is -2.25. The smallest absolute Gasteiger partial charge is 0.322 e. The summed E-state index contributed by atoms with van der Waals surface area (Å²) in [4.78, 5) is 13.4. The van der Waals surface area contributed by atoms with Crippen molar-refractivity contribution in [3.63, 3.8) is 0 Å². The third-order valence-electron chi connectivity index (χ3n) is 3.89. The molecule has 1 amide bonds. The molecule has 1 atom stereocenters. The van der Waals surface area contributed by atoms with Crippen LogP contribution in [-0.4, -0.2) is 16.6 Å². The Bertz CT molecular complexity index is 854. The van der Waals surface area contributed by atoms with Crippen LogP contribution in [0.1, 0.15) is 22.1 Å². The highest BCUT2D eigenvalue weighted by Crippen LogP contribution is 2.41. The third-order valence-corrected chi connectivity index (χ3v) is 5.14. The van der Waals surface area contributed by atoms with E-state index in [1.807, 2.05) is 0 Å². The van der Waals surface area contributed by atoms with Gasteiger partial charge in [0.15, 0.2) is 11.6 Å². The van der Waals surface area contributed by atoms with E-state index in [9.17, 15) is 31.1 Å². The molecule has 1 saturated heterocycles. The monoisotopic (exact) mass is 391 g/mol. The molecule has 9 heteroatoms. The molecule has 1 fully saturated rings. The number of thioether (sulfide) groups is 1. The number of alkyl halides is 3. The van der Waals surface area contributed by atoms with Gasteiger partial charge in [0.25, 0.3) is 0 Å². The predicted octanol–water partition coefficient (Wildman–Crippen LogP) is 4.90. The molecule has 0 N–H and O–H groups in total. The summed E-state index contributed by atoms with van der Waals surface area (Å²) in [5.74, 6) is -3.80. The van der Waals surface area contributed by atoms with Crippen molar-refractivity contribution >= 4 is 17.7 Å². The van der Waals surface area contributed by atoms with Crippen molar-refractivity contribution in [1.29, 1.82) is 0 Å². The van der Waals surface area contributed by atoms with Gasteiger partial charge >= 0.3 is 6.18 Å². The minimum Gasteiger partial charge on any atom is -0.322 e. The maximum atomic E-state index is 13.8. The van der Waals surface area contributed by atoms with Gasteiger partial charge in [-0.2, -0.15) is 13.2 Å². The molecular weight excluding hydrogens is 380 g/mol. The minimum absolute atomic E-state index is 0.0526. The molecule has 1 unspecified atom stereocenters. The van der Waals surface area contributed by atoms with Crippen molar-refractivity contribution in [2.24, 2.45) is 0 Å². The molecule has 0 saturated carbocycles. The van der Waals surface area contributed by atoms with Gasteiger partial charge in [-0.3, -0.25) is 4.79 Å². The van der Waals surface area contributed by atoms with E-state index in [0.717, 1.165) is 36.0 Å². The molecule has 138 valence electrons. The number of rotatable bonds is 3. The van der Waals surface area contributed by atoms with Gasteiger partial charge in [-0.15, -0.1) is 11.8 Å². The summed E-state index contributed by atoms with van der Waals surface area (Å²) in [6.45, 7) is -0.0731. The Labute approximate surface area is 148 Å². The molecule has 1 aliphatic rings. The van der Waals surface area contributed by atoms with Crippen LogP contribution in [0.3, 0.4) is 0 Å². The van der Waals surface area contributed by atoms with E-state index in [1.165, 1.54) is 11.0 Å². The highest BCUT2D eigenvalue weighted by atomic mass is 32.2. The molecule has 2 aromatic carbocycles. The largest absolute Gasteiger partial charge is 0.419 e. The number of nitrogens with zero attached hydrogens (tertiary/aromatic N) is 1. The second-order valence-electron chi connectivity index (χ2n) is 5.67. The predicted molar refractivity (Wildman–Crippen MR) is 83.5 cm³/mol. The van der Waals surface area contributed by atoms with Crippen LogP contribution in [0.4, 0.5) is 26.3 Å². The second kappa shape index (κ2) is 6.86. The average Bonchev–Trinajstić information content (AvgIpc) is 2.90. The fraction of sp³-hybridized carbons (Fsp3) is 0.235. The molecule has 2 nitrogen and oxygen atoms in total. The lowest BCUT2D eigenvalue weighted by atomic mass is 10.1. The first-order valence-corrected chi connectivity index (χ1v) is 8.43. The second-order valence-corrected chi connectivity index (χ2v) is 6.74. The first-order chi connectivity index (χ1) is 12.2. The first-order valence-electron chi connectivity index (χ1n) is 7.38. The van der Waals surface area contributed by atoms with E-state index in [0.29, 0.717) is 11.6 Å². The molecule has 26 heavy (non-hydrogen) atoms. The van der Waals surface area contributed by atoms with Gasteiger partial charge < -0.3 is 4.90 Å². The minimum atomic E-state index is -4.81. The van der Waals surface area contributed by atoms with E-state index in [1.54, 1.807) is 0 Å². The Balaban J connectivity index is 1.88. The van der Waals surface area contributed by atoms with Crippen LogP contribution in [0.25, 0.3) is 0 Å². The molecular formula is C17H11F6NOS. The summed E-state index contributed by atoms with van der Waals surface area (Å²) < 4.78 is 78.2. The first kappa shape index (κ1) is 18.6. The molecule has 1 aliphatic heterocycles. The quantitative estimate of drug-likeness (QED) is 0.694. The number of benzene rings is 2. The van der Waals surface area contributed by atoms with Crippen molar-refractivity contribution in [3.8, 4) is 0 Å². The van der Waals surface area contributed by atoms with Gasteiger partial charge in [-0.25, -0.2) is 13.2 Å². The summed E-state index contributed by atoms with van der Waals surface area (Å²) in [6, 6.07) is 5.65. The summed E-state index contributed by atoms with van der Waals surface area (Å²) in [6.07, 6.45) is -4.81. The number of amides is 1. The van der Waals surface area contributed by atoms with Gasteiger partial charge in [0.2, 0.25) is 5.91 Å². The van der Waals surface area contributed by atoms with Gasteiger partial charge in [-0.05, 0) is 35.4 Å². The Kier molecular flexibility index (Phi) is 4.92. The lowest BCUT2D eigenvalue weighted by Crippen LogP contribution is -2.28. The standard InChI is InChI=1S/C17H11F6NOS/c18-12-4-1-9(5-14(12)20)7-24-15(25)8-26-16(24)10-2-3-11(13(19)6-10)17(21,22)23/h1-6,16H,7-8H2. The lowest BCUT2D eigenvalue weighted by molar-refractivity contribution is -0.140. The molecule has 2 aromatic rings. The zero-order chi connectivity index (χ0) is 19.1. The van der Waals surface area contributed by atoms with Crippen molar-refractivity contribution < 1.29 is 31.1 Å². The van der Waals surface area contributed by atoms with Crippen LogP contribution in [0.5, 0.6) is 0 Å². The van der Waals surface area contributed by atoms with E-state index >= 15 is 0 Å². The number of hydrogen-bond acceptors (Lipinski definition) is 2. The third kappa shape index (κ3) is 3.67. The Hall–Kier alpha value is -2.16. The Morgan fingerprint density at radius 1 is 1.00 bits per heavy atom. The summed E-state index contributed by atoms with van der Waals surface area (Å²) in [7, 11) is 0. The van der Waals surface area contributed by atoms with Crippen molar-refractivity contribution in [3.05, 3.63) is 70.5 Å². The highest BCUT2D eigenvalue weighted by molar-refractivity contribution is 8.00. The molecule has 0 spiro atoms. The van der Waals surface area contributed by atoms with Gasteiger partial charge in [0.1, 0.15) is 11.2 Å². The maximum absolute atomic E-state index is 13.8. The van der Waals surface area contributed by atoms with Crippen molar-refractivity contribution in [2.75, 3.05) is 5.75 Å². The van der Waals surface area contributed by atoms with Crippen LogP contribution in [0, 0.1) is 17.5 Å². The molecule has 3 rings (SSSR count). The normalized spacial score (nSPS) is 17.8. The number of halogens is 6. The zero-order valence-electron chi connectivity index (χ0n) is 13.0. The van der Waals surface area contributed by atoms with Crippen LogP contribution < -0.4 is 0 Å². The van der Waals surface area contributed by atoms with Crippen LogP contribution >= 0.6 is 11.8 Å². The number of carbonyl (C=O) groups is 1. The Morgan fingerprint density at radius 3 is 2.35 bits per heavy atom. The van der Waals surface area contributed by atoms with Crippen molar-refractivity contribution in [1.82, 2.24) is 4.90 Å². The van der Waals surface area contributed by atoms with Crippen LogP contribution in [0.2, 0.25) is 0 Å². The summed E-state index contributed by atoms with van der Waals surface area (Å²) in [5, 5.41) is -0.715. The van der Waals surface area contributed by atoms with Gasteiger partial charge in [-0.1, -0.05) is 12.1 Å². The number of hydrogen-bond donors (Lipinski definition) is 0. The average molecular weight is 391 g/mol. The van der Waals surface area contributed by atoms with Gasteiger partial charge in [0.05, 0.1) is 11.3 Å². The van der Waals surface area contributed by atoms with Crippen molar-refractivity contribution in [2.45, 2.75) is 18.1 Å². The highest BCUT2D eigenvalue weighted by Gasteiger charge is 2.37. The fourth-order valence-corrected chi connectivity index (χ4v) is 3.83. The molecule has 0 radical (unpaired) electrons. The molecule has 0 bridgehead atoms. The number of carbonyl (C=O) groups excluding carboxylic acids is 1. The van der Waals surface area contributed by atoms with E-state index in [2.05, 4.69) is 0 Å². The van der Waals surface area contributed by atoms with Gasteiger partial charge in [0, 0.05) is 6.54 Å².